The van der Waals surface area contributed by atoms with Crippen molar-refractivity contribution in [2.45, 2.75) is 31.5 Å². The lowest BCUT2D eigenvalue weighted by Crippen LogP contribution is -2.40. The SMILES string of the molecule is O=C(O)[C@@H]1C[C@H](O)CN1C(=O)CCn1ccnn1. The van der Waals surface area contributed by atoms with Crippen LogP contribution in [-0.4, -0.2) is 60.7 Å². The molecule has 8 heteroatoms. The largest absolute Gasteiger partial charge is 0.480 e. The first-order valence-electron chi connectivity index (χ1n) is 5.62. The summed E-state index contributed by atoms with van der Waals surface area (Å²) in [6.07, 6.45) is 2.59. The number of likely N-dealkylation sites (tertiary alicyclic amines) is 1. The quantitative estimate of drug-likeness (QED) is 0.692. The Morgan fingerprint density at radius 1 is 1.44 bits per heavy atom. The van der Waals surface area contributed by atoms with E-state index in [4.69, 9.17) is 5.11 Å². The van der Waals surface area contributed by atoms with Crippen molar-refractivity contribution in [1.29, 1.82) is 0 Å². The molecule has 0 bridgehead atoms. The van der Waals surface area contributed by atoms with Crippen LogP contribution in [0.4, 0.5) is 0 Å². The molecule has 2 heterocycles. The number of rotatable bonds is 4. The van der Waals surface area contributed by atoms with E-state index in [0.29, 0.717) is 6.54 Å². The van der Waals surface area contributed by atoms with Gasteiger partial charge in [-0.2, -0.15) is 0 Å². The lowest BCUT2D eigenvalue weighted by molar-refractivity contribution is -0.148. The maximum absolute atomic E-state index is 11.9. The number of hydrogen-bond donors (Lipinski definition) is 2. The van der Waals surface area contributed by atoms with E-state index in [0.717, 1.165) is 0 Å². The van der Waals surface area contributed by atoms with E-state index in [1.807, 2.05) is 0 Å². The van der Waals surface area contributed by atoms with Crippen LogP contribution in [0.2, 0.25) is 0 Å². The Kier molecular flexibility index (Phi) is 3.56. The highest BCUT2D eigenvalue weighted by molar-refractivity contribution is 5.84. The molecule has 0 aromatic carbocycles. The molecular formula is C10H14N4O4. The van der Waals surface area contributed by atoms with Gasteiger partial charge in [0, 0.05) is 25.6 Å². The second-order valence-corrected chi connectivity index (χ2v) is 4.21. The number of hydrogen-bond acceptors (Lipinski definition) is 5. The number of carboxylic acids is 1. The minimum absolute atomic E-state index is 0.0765. The van der Waals surface area contributed by atoms with Crippen molar-refractivity contribution in [3.05, 3.63) is 12.4 Å². The number of β-amino-alcohol motifs (C(OH)–C–C–N with tert-alkyl or cyclic N) is 1. The number of carboxylic acid groups (broad SMARTS) is 1. The van der Waals surface area contributed by atoms with Gasteiger partial charge >= 0.3 is 5.97 Å². The molecule has 1 aromatic heterocycles. The Morgan fingerprint density at radius 3 is 2.83 bits per heavy atom. The number of amides is 1. The fourth-order valence-electron chi connectivity index (χ4n) is 2.03. The number of carbonyl (C=O) groups is 2. The second-order valence-electron chi connectivity index (χ2n) is 4.21. The molecule has 2 rings (SSSR count). The number of nitrogens with zero attached hydrogens (tertiary/aromatic N) is 4. The average molecular weight is 254 g/mol. The summed E-state index contributed by atoms with van der Waals surface area (Å²) in [5.74, 6) is -1.38. The summed E-state index contributed by atoms with van der Waals surface area (Å²) in [6, 6.07) is -0.928. The molecule has 1 fully saturated rings. The fraction of sp³-hybridized carbons (Fsp3) is 0.600. The van der Waals surface area contributed by atoms with Crippen molar-refractivity contribution in [1.82, 2.24) is 19.9 Å². The molecule has 1 aliphatic rings. The van der Waals surface area contributed by atoms with Gasteiger partial charge in [-0.15, -0.1) is 5.10 Å². The van der Waals surface area contributed by atoms with Crippen molar-refractivity contribution >= 4 is 11.9 Å². The van der Waals surface area contributed by atoms with Crippen molar-refractivity contribution in [2.75, 3.05) is 6.54 Å². The standard InChI is InChI=1S/C10H14N4O4/c15-7-5-8(10(17)18)14(6-7)9(16)1-3-13-4-2-11-12-13/h2,4,7-8,15H,1,3,5-6H2,(H,17,18)/t7-,8-/m0/s1. The van der Waals surface area contributed by atoms with Crippen LogP contribution in [0.5, 0.6) is 0 Å². The van der Waals surface area contributed by atoms with Gasteiger partial charge in [0.15, 0.2) is 0 Å². The van der Waals surface area contributed by atoms with Crippen LogP contribution in [0.25, 0.3) is 0 Å². The first-order chi connectivity index (χ1) is 8.58. The number of aliphatic hydroxyl groups is 1. The normalized spacial score (nSPS) is 23.3. The van der Waals surface area contributed by atoms with E-state index < -0.39 is 18.1 Å². The second kappa shape index (κ2) is 5.13. The van der Waals surface area contributed by atoms with Crippen LogP contribution in [0.3, 0.4) is 0 Å². The van der Waals surface area contributed by atoms with Gasteiger partial charge in [-0.3, -0.25) is 9.48 Å². The molecule has 0 saturated carbocycles. The lowest BCUT2D eigenvalue weighted by atomic mass is 10.2. The molecule has 1 aromatic rings. The van der Waals surface area contributed by atoms with Crippen molar-refractivity contribution in [3.63, 3.8) is 0 Å². The van der Waals surface area contributed by atoms with E-state index in [-0.39, 0.29) is 25.3 Å². The van der Waals surface area contributed by atoms with Gasteiger partial charge in [0.1, 0.15) is 6.04 Å². The third kappa shape index (κ3) is 2.65. The number of aliphatic carboxylic acids is 1. The van der Waals surface area contributed by atoms with E-state index in [1.54, 1.807) is 6.20 Å². The van der Waals surface area contributed by atoms with Crippen LogP contribution in [0.15, 0.2) is 12.4 Å². The molecule has 0 aliphatic carbocycles. The van der Waals surface area contributed by atoms with Gasteiger partial charge in [-0.05, 0) is 0 Å². The predicted octanol–water partition coefficient (Wildman–Crippen LogP) is -1.29. The highest BCUT2D eigenvalue weighted by Gasteiger charge is 2.38. The Morgan fingerprint density at radius 2 is 2.22 bits per heavy atom. The van der Waals surface area contributed by atoms with Crippen LogP contribution in [0, 0.1) is 0 Å². The molecule has 1 amide bonds. The third-order valence-electron chi connectivity index (χ3n) is 2.91. The van der Waals surface area contributed by atoms with Gasteiger partial charge in [0.2, 0.25) is 5.91 Å². The van der Waals surface area contributed by atoms with E-state index in [9.17, 15) is 14.7 Å². The average Bonchev–Trinajstić information content (AvgIpc) is 2.94. The Balaban J connectivity index is 1.93. The molecule has 1 saturated heterocycles. The smallest absolute Gasteiger partial charge is 0.326 e. The highest BCUT2D eigenvalue weighted by Crippen LogP contribution is 2.19. The molecule has 1 aliphatic heterocycles. The number of aryl methyl sites for hydroxylation is 1. The van der Waals surface area contributed by atoms with Crippen LogP contribution in [0.1, 0.15) is 12.8 Å². The number of aliphatic hydroxyl groups excluding tert-OH is 1. The van der Waals surface area contributed by atoms with Crippen molar-refractivity contribution < 1.29 is 19.8 Å². The molecule has 8 nitrogen and oxygen atoms in total. The van der Waals surface area contributed by atoms with Crippen LogP contribution >= 0.6 is 0 Å². The van der Waals surface area contributed by atoms with Crippen molar-refractivity contribution in [2.24, 2.45) is 0 Å². The van der Waals surface area contributed by atoms with Gasteiger partial charge in [-0.1, -0.05) is 5.21 Å². The topological polar surface area (TPSA) is 109 Å². The summed E-state index contributed by atoms with van der Waals surface area (Å²) in [5.41, 5.74) is 0. The molecule has 2 N–H and O–H groups in total. The minimum Gasteiger partial charge on any atom is -0.480 e. The summed E-state index contributed by atoms with van der Waals surface area (Å²) in [5, 5.41) is 25.7. The van der Waals surface area contributed by atoms with E-state index in [2.05, 4.69) is 10.3 Å². The Bertz CT molecular complexity index is 433. The van der Waals surface area contributed by atoms with Gasteiger partial charge in [-0.25, -0.2) is 4.79 Å². The van der Waals surface area contributed by atoms with Crippen LogP contribution < -0.4 is 0 Å². The summed E-state index contributed by atoms with van der Waals surface area (Å²) in [4.78, 5) is 24.1. The first kappa shape index (κ1) is 12.5. The molecule has 0 radical (unpaired) electrons. The van der Waals surface area contributed by atoms with Gasteiger partial charge in [0.25, 0.3) is 0 Å². The summed E-state index contributed by atoms with van der Waals surface area (Å²) in [6.45, 7) is 0.422. The molecular weight excluding hydrogens is 240 g/mol. The zero-order chi connectivity index (χ0) is 13.1. The monoisotopic (exact) mass is 254 g/mol. The van der Waals surface area contributed by atoms with Crippen LogP contribution in [-0.2, 0) is 16.1 Å². The third-order valence-corrected chi connectivity index (χ3v) is 2.91. The van der Waals surface area contributed by atoms with E-state index >= 15 is 0 Å². The molecule has 2 atom stereocenters. The summed E-state index contributed by atoms with van der Waals surface area (Å²) in [7, 11) is 0. The molecule has 0 unspecified atom stereocenters. The fourth-order valence-corrected chi connectivity index (χ4v) is 2.03. The first-order valence-corrected chi connectivity index (χ1v) is 5.62. The maximum Gasteiger partial charge on any atom is 0.326 e. The van der Waals surface area contributed by atoms with Gasteiger partial charge in [0.05, 0.1) is 18.8 Å². The molecule has 98 valence electrons. The van der Waals surface area contributed by atoms with Crippen molar-refractivity contribution in [3.8, 4) is 0 Å². The molecule has 0 spiro atoms. The molecule has 18 heavy (non-hydrogen) atoms. The highest BCUT2D eigenvalue weighted by atomic mass is 16.4. The summed E-state index contributed by atoms with van der Waals surface area (Å²) >= 11 is 0. The number of carbonyl (C=O) groups excluding carboxylic acids is 1. The lowest BCUT2D eigenvalue weighted by Gasteiger charge is -2.20. The Hall–Kier alpha value is -1.96. The summed E-state index contributed by atoms with van der Waals surface area (Å²) < 4.78 is 1.50. The minimum atomic E-state index is -1.08. The zero-order valence-electron chi connectivity index (χ0n) is 9.64. The Labute approximate surface area is 103 Å². The van der Waals surface area contributed by atoms with E-state index in [1.165, 1.54) is 15.8 Å². The predicted molar refractivity (Wildman–Crippen MR) is 58.4 cm³/mol. The van der Waals surface area contributed by atoms with Gasteiger partial charge < -0.3 is 15.1 Å². The maximum atomic E-state index is 11.9. The zero-order valence-corrected chi connectivity index (χ0v) is 9.64. The number of aromatic nitrogens is 3.